The number of piperidine rings is 1. The summed E-state index contributed by atoms with van der Waals surface area (Å²) in [4.78, 5) is 28.2. The molecule has 2 atom stereocenters. The van der Waals surface area contributed by atoms with E-state index in [0.29, 0.717) is 6.42 Å². The minimum atomic E-state index is -0.230. The Kier molecular flexibility index (Phi) is 6.76. The molecule has 0 saturated carbocycles. The van der Waals surface area contributed by atoms with Gasteiger partial charge in [0.25, 0.3) is 0 Å². The van der Waals surface area contributed by atoms with E-state index >= 15 is 0 Å². The lowest BCUT2D eigenvalue weighted by molar-refractivity contribution is -0.147. The van der Waals surface area contributed by atoms with Gasteiger partial charge in [-0.2, -0.15) is 0 Å². The lowest BCUT2D eigenvalue weighted by Crippen LogP contribution is -2.54. The Morgan fingerprint density at radius 1 is 1.30 bits per heavy atom. The fraction of sp³-hybridized carbons (Fsp3) is 0.857. The lowest BCUT2D eigenvalue weighted by Gasteiger charge is -2.38. The summed E-state index contributed by atoms with van der Waals surface area (Å²) in [6.45, 7) is 4.45. The van der Waals surface area contributed by atoms with Crippen molar-refractivity contribution in [2.24, 2.45) is 0 Å². The van der Waals surface area contributed by atoms with E-state index < -0.39 is 0 Å². The van der Waals surface area contributed by atoms with Crippen LogP contribution in [-0.4, -0.2) is 60.4 Å². The average molecular weight is 304 g/mol. The Morgan fingerprint density at radius 3 is 2.65 bits per heavy atom. The smallest absolute Gasteiger partial charge is 0.245 e. The Bertz CT molecular complexity index is 345. The van der Waals surface area contributed by atoms with Crippen molar-refractivity contribution in [2.75, 3.05) is 26.7 Å². The number of likely N-dealkylation sites (tertiary alicyclic amines) is 1. The highest BCUT2D eigenvalue weighted by molar-refractivity contribution is 5.88. The second kappa shape index (κ2) is 7.84. The fourth-order valence-electron chi connectivity index (χ4n) is 3.07. The van der Waals surface area contributed by atoms with Crippen molar-refractivity contribution >= 4 is 24.2 Å². The highest BCUT2D eigenvalue weighted by Crippen LogP contribution is 2.21. The monoisotopic (exact) mass is 303 g/mol. The molecule has 0 aromatic rings. The summed E-state index contributed by atoms with van der Waals surface area (Å²) in [5.74, 6) is 0.228. The largest absolute Gasteiger partial charge is 0.340 e. The summed E-state index contributed by atoms with van der Waals surface area (Å²) in [5.41, 5.74) is 0. The van der Waals surface area contributed by atoms with Gasteiger partial charge in [-0.15, -0.1) is 12.4 Å². The third kappa shape index (κ3) is 3.64. The Hall–Kier alpha value is -0.810. The second-order valence-corrected chi connectivity index (χ2v) is 5.55. The van der Waals surface area contributed by atoms with E-state index in [2.05, 4.69) is 5.32 Å². The van der Waals surface area contributed by atoms with Crippen LogP contribution in [-0.2, 0) is 9.59 Å². The van der Waals surface area contributed by atoms with Gasteiger partial charge >= 0.3 is 0 Å². The summed E-state index contributed by atoms with van der Waals surface area (Å²) < 4.78 is 0. The Morgan fingerprint density at radius 2 is 2.05 bits per heavy atom. The zero-order valence-corrected chi connectivity index (χ0v) is 13.2. The van der Waals surface area contributed by atoms with Crippen molar-refractivity contribution in [1.29, 1.82) is 0 Å². The third-order valence-electron chi connectivity index (χ3n) is 4.34. The maximum Gasteiger partial charge on any atom is 0.245 e. The summed E-state index contributed by atoms with van der Waals surface area (Å²) in [7, 11) is 1.88. The highest BCUT2D eigenvalue weighted by Gasteiger charge is 2.35. The Balaban J connectivity index is 0.00000200. The van der Waals surface area contributed by atoms with Gasteiger partial charge in [-0.25, -0.2) is 0 Å². The number of nitrogens with one attached hydrogen (secondary N) is 1. The molecule has 20 heavy (non-hydrogen) atoms. The molecular weight excluding hydrogens is 278 g/mol. The van der Waals surface area contributed by atoms with Crippen LogP contribution >= 0.6 is 12.4 Å². The number of hydrogen-bond donors (Lipinski definition) is 1. The standard InChI is InChI=1S/C14H25N3O2.ClH/c1-3-13(18)17-9-5-4-6-12(17)14(19)16(2)11-7-8-15-10-11;/h11-12,15H,3-10H2,1-2H3;1H. The quantitative estimate of drug-likeness (QED) is 0.847. The van der Waals surface area contributed by atoms with Crippen molar-refractivity contribution in [3.05, 3.63) is 0 Å². The zero-order valence-electron chi connectivity index (χ0n) is 12.4. The molecule has 116 valence electrons. The number of halogens is 1. The van der Waals surface area contributed by atoms with Gasteiger partial charge in [0.15, 0.2) is 0 Å². The van der Waals surface area contributed by atoms with Gasteiger partial charge in [0.05, 0.1) is 0 Å². The van der Waals surface area contributed by atoms with Crippen molar-refractivity contribution in [3.8, 4) is 0 Å². The van der Waals surface area contributed by atoms with Crippen LogP contribution in [0.25, 0.3) is 0 Å². The van der Waals surface area contributed by atoms with E-state index in [4.69, 9.17) is 0 Å². The summed E-state index contributed by atoms with van der Waals surface area (Å²) in [5, 5.41) is 3.28. The van der Waals surface area contributed by atoms with Crippen LogP contribution in [0.15, 0.2) is 0 Å². The molecule has 2 aliphatic heterocycles. The van der Waals surface area contributed by atoms with E-state index in [1.165, 1.54) is 0 Å². The van der Waals surface area contributed by atoms with Gasteiger partial charge in [0, 0.05) is 32.6 Å². The molecule has 2 fully saturated rings. The minimum absolute atomic E-state index is 0. The molecule has 2 heterocycles. The van der Waals surface area contributed by atoms with Crippen LogP contribution in [0, 0.1) is 0 Å². The first-order chi connectivity index (χ1) is 9.15. The lowest BCUT2D eigenvalue weighted by atomic mass is 9.99. The molecule has 2 aliphatic rings. The van der Waals surface area contributed by atoms with Crippen LogP contribution in [0.1, 0.15) is 39.0 Å². The molecule has 0 radical (unpaired) electrons. The number of rotatable bonds is 3. The van der Waals surface area contributed by atoms with E-state index in [1.54, 1.807) is 4.90 Å². The van der Waals surface area contributed by atoms with Gasteiger partial charge in [-0.05, 0) is 32.2 Å². The molecule has 0 aromatic carbocycles. The summed E-state index contributed by atoms with van der Waals surface area (Å²) >= 11 is 0. The van der Waals surface area contributed by atoms with E-state index in [9.17, 15) is 9.59 Å². The third-order valence-corrected chi connectivity index (χ3v) is 4.34. The first kappa shape index (κ1) is 17.2. The first-order valence-corrected chi connectivity index (χ1v) is 7.42. The van der Waals surface area contributed by atoms with Gasteiger partial charge in [-0.3, -0.25) is 9.59 Å². The predicted octanol–water partition coefficient (Wildman–Crippen LogP) is 1.02. The van der Waals surface area contributed by atoms with Gasteiger partial charge in [0.2, 0.25) is 11.8 Å². The van der Waals surface area contributed by atoms with Crippen molar-refractivity contribution in [1.82, 2.24) is 15.1 Å². The normalized spacial score (nSPS) is 26.0. The molecule has 2 saturated heterocycles. The minimum Gasteiger partial charge on any atom is -0.340 e. The molecule has 2 rings (SSSR count). The van der Waals surface area contributed by atoms with Crippen LogP contribution in [0.4, 0.5) is 0 Å². The maximum atomic E-state index is 12.6. The molecule has 6 heteroatoms. The van der Waals surface area contributed by atoms with Crippen LogP contribution < -0.4 is 5.32 Å². The molecule has 0 aliphatic carbocycles. The molecule has 1 N–H and O–H groups in total. The fourth-order valence-corrected chi connectivity index (χ4v) is 3.07. The molecule has 0 bridgehead atoms. The number of carbonyl (C=O) groups is 2. The molecule has 2 unspecified atom stereocenters. The topological polar surface area (TPSA) is 52.7 Å². The van der Waals surface area contributed by atoms with Crippen molar-refractivity contribution in [2.45, 2.75) is 51.1 Å². The first-order valence-electron chi connectivity index (χ1n) is 7.42. The van der Waals surface area contributed by atoms with E-state index in [1.807, 2.05) is 18.9 Å². The number of hydrogen-bond acceptors (Lipinski definition) is 3. The number of likely N-dealkylation sites (N-methyl/N-ethyl adjacent to an activating group) is 1. The molecule has 2 amide bonds. The second-order valence-electron chi connectivity index (χ2n) is 5.55. The van der Waals surface area contributed by atoms with Gasteiger partial charge < -0.3 is 15.1 Å². The average Bonchev–Trinajstić information content (AvgIpc) is 2.99. The number of carbonyl (C=O) groups excluding carboxylic acids is 2. The van der Waals surface area contributed by atoms with Gasteiger partial charge in [0.1, 0.15) is 6.04 Å². The SMILES string of the molecule is CCC(=O)N1CCCCC1C(=O)N(C)C1CCNC1.Cl. The highest BCUT2D eigenvalue weighted by atomic mass is 35.5. The van der Waals surface area contributed by atoms with E-state index in [0.717, 1.165) is 45.3 Å². The summed E-state index contributed by atoms with van der Waals surface area (Å²) in [6.07, 6.45) is 4.37. The molecule has 0 aromatic heterocycles. The number of amides is 2. The Labute approximate surface area is 127 Å². The van der Waals surface area contributed by atoms with Gasteiger partial charge in [-0.1, -0.05) is 6.92 Å². The predicted molar refractivity (Wildman–Crippen MR) is 80.9 cm³/mol. The number of nitrogens with zero attached hydrogens (tertiary/aromatic N) is 2. The van der Waals surface area contributed by atoms with Crippen LogP contribution in [0.2, 0.25) is 0 Å². The molecule has 5 nitrogen and oxygen atoms in total. The van der Waals surface area contributed by atoms with Crippen molar-refractivity contribution in [3.63, 3.8) is 0 Å². The molecule has 0 spiro atoms. The zero-order chi connectivity index (χ0) is 13.8. The summed E-state index contributed by atoms with van der Waals surface area (Å²) in [6, 6.07) is 0.0554. The van der Waals surface area contributed by atoms with E-state index in [-0.39, 0.29) is 36.3 Å². The molecular formula is C14H26ClN3O2. The van der Waals surface area contributed by atoms with Crippen molar-refractivity contribution < 1.29 is 9.59 Å². The van der Waals surface area contributed by atoms with Crippen LogP contribution in [0.5, 0.6) is 0 Å². The maximum absolute atomic E-state index is 12.6. The van der Waals surface area contributed by atoms with Crippen LogP contribution in [0.3, 0.4) is 0 Å².